The summed E-state index contributed by atoms with van der Waals surface area (Å²) < 4.78 is 48.8. The summed E-state index contributed by atoms with van der Waals surface area (Å²) in [7, 11) is 0. The highest BCUT2D eigenvalue weighted by atomic mass is 17.1. The van der Waals surface area contributed by atoms with Crippen LogP contribution in [-0.2, 0) is 42.8 Å². The van der Waals surface area contributed by atoms with E-state index in [0.29, 0.717) is 37.7 Å². The van der Waals surface area contributed by atoms with E-state index in [-0.39, 0.29) is 35.5 Å². The molecule has 0 aromatic carbocycles. The summed E-state index contributed by atoms with van der Waals surface area (Å²) in [5.41, 5.74) is -2.61. The van der Waals surface area contributed by atoms with E-state index in [9.17, 15) is 81.9 Å². The SMILES string of the molecule is C=C(C)C(CCC(C)(OC1OC(COC2OC(CO)C(O)C(O)C2O)C(O)C(O)C1O)C1CCC2(C)C1C(O)CC1C3(C)CCC(OC4OC(CO)C(O)C(O)C4OC4OC(CO)C(O)C(O)C4O)C(C)(C)C3CCC12C)OO. The first-order valence-corrected chi connectivity index (χ1v) is 28.2. The van der Waals surface area contributed by atoms with Crippen molar-refractivity contribution in [3.63, 3.8) is 0 Å². The van der Waals surface area contributed by atoms with Gasteiger partial charge >= 0.3 is 0 Å². The van der Waals surface area contributed by atoms with Gasteiger partial charge in [0.05, 0.1) is 44.2 Å². The van der Waals surface area contributed by atoms with E-state index < -0.39 is 196 Å². The predicted octanol–water partition coefficient (Wildman–Crippen LogP) is -2.73. The quantitative estimate of drug-likeness (QED) is 0.0287. The van der Waals surface area contributed by atoms with Crippen molar-refractivity contribution in [3.05, 3.63) is 12.2 Å². The van der Waals surface area contributed by atoms with Crippen molar-refractivity contribution in [3.8, 4) is 0 Å². The van der Waals surface area contributed by atoms with E-state index in [1.165, 1.54) is 0 Å². The molecule has 4 heterocycles. The van der Waals surface area contributed by atoms with Crippen LogP contribution in [0.3, 0.4) is 0 Å². The molecule has 4 aliphatic carbocycles. The molecule has 4 aliphatic heterocycles. The van der Waals surface area contributed by atoms with Gasteiger partial charge in [-0.1, -0.05) is 41.2 Å². The van der Waals surface area contributed by atoms with Crippen molar-refractivity contribution in [2.24, 2.45) is 45.3 Å². The molecular weight excluding hydrogens is 1050 g/mol. The van der Waals surface area contributed by atoms with Gasteiger partial charge < -0.3 is 114 Å². The fourth-order valence-electron chi connectivity index (χ4n) is 16.4. The molecule has 8 rings (SSSR count). The van der Waals surface area contributed by atoms with Crippen LogP contribution >= 0.6 is 0 Å². The Balaban J connectivity index is 1.02. The minimum Gasteiger partial charge on any atom is -0.394 e. The van der Waals surface area contributed by atoms with Gasteiger partial charge in [-0.15, -0.1) is 0 Å². The van der Waals surface area contributed by atoms with Crippen molar-refractivity contribution in [1.29, 1.82) is 0 Å². The molecule has 79 heavy (non-hydrogen) atoms. The number of hydrogen-bond acceptors (Lipinski definition) is 25. The summed E-state index contributed by atoms with van der Waals surface area (Å²) in [4.78, 5) is 4.85. The van der Waals surface area contributed by atoms with Crippen molar-refractivity contribution < 1.29 is 125 Å². The van der Waals surface area contributed by atoms with Crippen LogP contribution in [0.25, 0.3) is 0 Å². The van der Waals surface area contributed by atoms with Gasteiger partial charge in [-0.25, -0.2) is 4.89 Å². The molecule has 16 N–H and O–H groups in total. The van der Waals surface area contributed by atoms with Gasteiger partial charge in [0.15, 0.2) is 25.2 Å². The van der Waals surface area contributed by atoms with Crippen LogP contribution in [0, 0.1) is 45.3 Å². The summed E-state index contributed by atoms with van der Waals surface area (Å²) in [6, 6.07) is 0. The zero-order valence-electron chi connectivity index (χ0n) is 46.3. The average Bonchev–Trinajstić information content (AvgIpc) is 2.76. The summed E-state index contributed by atoms with van der Waals surface area (Å²) in [6.45, 7) is 15.8. The minimum absolute atomic E-state index is 0.00515. The molecule has 25 nitrogen and oxygen atoms in total. The Bertz CT molecular complexity index is 2040. The number of ether oxygens (including phenoxy) is 8. The molecule has 0 aromatic rings. The van der Waals surface area contributed by atoms with Gasteiger partial charge in [-0.3, -0.25) is 5.26 Å². The molecule has 25 heteroatoms. The highest BCUT2D eigenvalue weighted by Gasteiger charge is 2.72. The Labute approximate surface area is 460 Å². The maximum absolute atomic E-state index is 12.9. The summed E-state index contributed by atoms with van der Waals surface area (Å²) in [5, 5.41) is 172. The second-order valence-corrected chi connectivity index (χ2v) is 25.9. The first kappa shape index (κ1) is 63.8. The molecule has 0 amide bonds. The van der Waals surface area contributed by atoms with Crippen LogP contribution in [-0.4, -0.2) is 255 Å². The Kier molecular flexibility index (Phi) is 19.6. The van der Waals surface area contributed by atoms with E-state index in [2.05, 4.69) is 41.2 Å². The van der Waals surface area contributed by atoms with E-state index in [4.69, 9.17) is 42.8 Å². The van der Waals surface area contributed by atoms with Gasteiger partial charge in [0.2, 0.25) is 0 Å². The van der Waals surface area contributed by atoms with Crippen LogP contribution in [0.4, 0.5) is 0 Å². The maximum Gasteiger partial charge on any atom is 0.187 e. The number of rotatable bonds is 18. The fraction of sp³-hybridized carbons (Fsp3) is 0.963. The van der Waals surface area contributed by atoms with Gasteiger partial charge in [-0.05, 0) is 123 Å². The van der Waals surface area contributed by atoms with Crippen molar-refractivity contribution in [1.82, 2.24) is 0 Å². The number of aliphatic hydroxyl groups excluding tert-OH is 15. The van der Waals surface area contributed by atoms with Gasteiger partial charge in [0.25, 0.3) is 0 Å². The second-order valence-electron chi connectivity index (χ2n) is 25.9. The molecule has 0 aromatic heterocycles. The average molecular weight is 1140 g/mol. The lowest BCUT2D eigenvalue weighted by Crippen LogP contribution is -2.68. The maximum atomic E-state index is 12.9. The molecular formula is C54H92O25. The summed E-state index contributed by atoms with van der Waals surface area (Å²) in [5.74, 6) is -0.841. The van der Waals surface area contributed by atoms with Gasteiger partial charge in [0.1, 0.15) is 104 Å². The number of hydrogen-bond donors (Lipinski definition) is 16. The molecule has 4 saturated carbocycles. The molecule has 0 radical (unpaired) electrons. The van der Waals surface area contributed by atoms with Crippen molar-refractivity contribution in [2.45, 2.75) is 253 Å². The smallest absolute Gasteiger partial charge is 0.187 e. The molecule has 31 atom stereocenters. The molecule has 458 valence electrons. The van der Waals surface area contributed by atoms with Crippen molar-refractivity contribution in [2.75, 3.05) is 26.4 Å². The Morgan fingerprint density at radius 2 is 1.09 bits per heavy atom. The molecule has 0 bridgehead atoms. The van der Waals surface area contributed by atoms with Crippen LogP contribution in [0.1, 0.15) is 106 Å². The predicted molar refractivity (Wildman–Crippen MR) is 269 cm³/mol. The Morgan fingerprint density at radius 3 is 1.66 bits per heavy atom. The van der Waals surface area contributed by atoms with Crippen molar-refractivity contribution >= 4 is 0 Å². The molecule has 0 spiro atoms. The van der Waals surface area contributed by atoms with E-state index in [0.717, 1.165) is 12.8 Å². The topological polar surface area (TPSA) is 407 Å². The third-order valence-electron chi connectivity index (χ3n) is 21.3. The number of aliphatic hydroxyl groups is 15. The summed E-state index contributed by atoms with van der Waals surface area (Å²) in [6.07, 6.45) is -30.1. The lowest BCUT2D eigenvalue weighted by Gasteiger charge is -2.71. The summed E-state index contributed by atoms with van der Waals surface area (Å²) >= 11 is 0. The third kappa shape index (κ3) is 11.2. The first-order valence-electron chi connectivity index (χ1n) is 28.2. The Hall–Kier alpha value is -1.26. The lowest BCUT2D eigenvalue weighted by atomic mass is 9.35. The first-order chi connectivity index (χ1) is 37.0. The van der Waals surface area contributed by atoms with E-state index in [1.807, 2.05) is 6.92 Å². The zero-order chi connectivity index (χ0) is 58.2. The largest absolute Gasteiger partial charge is 0.394 e. The van der Waals surface area contributed by atoms with E-state index in [1.54, 1.807) is 6.92 Å². The highest BCUT2D eigenvalue weighted by Crippen LogP contribution is 2.76. The molecule has 4 saturated heterocycles. The third-order valence-corrected chi connectivity index (χ3v) is 21.3. The molecule has 8 aliphatic rings. The Morgan fingerprint density at radius 1 is 0.582 bits per heavy atom. The monoisotopic (exact) mass is 1140 g/mol. The standard InChI is InChI=1S/C54H92O25/c1-22(2)25(79-70)10-16-54(8,78-48-44(69)40(65)37(62)29(75-48)21-71-46-42(67)38(63)34(59)26(18-55)72-46)23-9-14-53(7)33(23)24(58)17-31-51(5)13-12-32(50(3,4)30(51)11-15-52(31,53)6)76-49-45(41(66)36(61)28(20-57)74-49)77-47-43(68)39(64)35(60)27(19-56)73-47/h23-49,55-70H,1,9-21H2,2-8H3. The minimum atomic E-state index is -1.83. The van der Waals surface area contributed by atoms with Gasteiger partial charge in [0, 0.05) is 0 Å². The number of fused-ring (bicyclic) bond motifs is 5. The molecule has 31 unspecified atom stereocenters. The lowest BCUT2D eigenvalue weighted by molar-refractivity contribution is -0.378. The highest BCUT2D eigenvalue weighted by molar-refractivity contribution is 5.21. The second kappa shape index (κ2) is 24.2. The normalized spacial score (nSPS) is 52.1. The van der Waals surface area contributed by atoms with Crippen LogP contribution in [0.15, 0.2) is 12.2 Å². The fourth-order valence-corrected chi connectivity index (χ4v) is 16.4. The van der Waals surface area contributed by atoms with Crippen LogP contribution in [0.5, 0.6) is 0 Å². The van der Waals surface area contributed by atoms with Gasteiger partial charge in [-0.2, -0.15) is 0 Å². The van der Waals surface area contributed by atoms with Crippen LogP contribution < -0.4 is 0 Å². The van der Waals surface area contributed by atoms with E-state index >= 15 is 0 Å². The van der Waals surface area contributed by atoms with Crippen LogP contribution in [0.2, 0.25) is 0 Å². The zero-order valence-corrected chi connectivity index (χ0v) is 46.3. The molecule has 8 fully saturated rings.